The number of aliphatic hydroxyl groups excluding tert-OH is 1. The Hall–Kier alpha value is -1.14. The Morgan fingerprint density at radius 3 is 2.55 bits per heavy atom. The maximum atomic E-state index is 11.9. The molecule has 2 amide bonds. The van der Waals surface area contributed by atoms with Crippen LogP contribution >= 0.6 is 0 Å². The summed E-state index contributed by atoms with van der Waals surface area (Å²) >= 11 is 0. The molecule has 0 bridgehead atoms. The number of amides is 2. The first kappa shape index (κ1) is 16.9. The van der Waals surface area contributed by atoms with E-state index in [0.717, 1.165) is 0 Å². The summed E-state index contributed by atoms with van der Waals surface area (Å²) in [4.78, 5) is 25.5. The molecule has 0 unspecified atom stereocenters. The lowest BCUT2D eigenvalue weighted by atomic mass is 9.96. The Kier molecular flexibility index (Phi) is 7.54. The number of aliphatic hydroxyl groups is 1. The molecule has 0 aliphatic carbocycles. The second-order valence-electron chi connectivity index (χ2n) is 5.38. The minimum Gasteiger partial charge on any atom is -0.396 e. The Labute approximate surface area is 120 Å². The van der Waals surface area contributed by atoms with Gasteiger partial charge in [-0.15, -0.1) is 0 Å². The highest BCUT2D eigenvalue weighted by atomic mass is 16.5. The van der Waals surface area contributed by atoms with Gasteiger partial charge in [0.1, 0.15) is 6.61 Å². The molecule has 0 aromatic heterocycles. The Bertz CT molecular complexity index is 312. The van der Waals surface area contributed by atoms with Crippen molar-refractivity contribution in [1.82, 2.24) is 10.2 Å². The molecular weight excluding hydrogens is 260 g/mol. The van der Waals surface area contributed by atoms with E-state index in [-0.39, 0.29) is 37.0 Å². The fraction of sp³-hybridized carbons (Fsp3) is 0.857. The normalized spacial score (nSPS) is 16.5. The fourth-order valence-electron chi connectivity index (χ4n) is 2.16. The van der Waals surface area contributed by atoms with Gasteiger partial charge < -0.3 is 20.1 Å². The van der Waals surface area contributed by atoms with Crippen LogP contribution < -0.4 is 5.32 Å². The van der Waals surface area contributed by atoms with E-state index in [1.807, 2.05) is 13.8 Å². The van der Waals surface area contributed by atoms with Gasteiger partial charge in [0.15, 0.2) is 0 Å². The molecule has 0 aromatic rings. The molecule has 0 aromatic carbocycles. The minimum atomic E-state index is -0.0243. The summed E-state index contributed by atoms with van der Waals surface area (Å²) in [7, 11) is 0. The SMILES string of the molecule is CC(C)OCC(=O)N1CCC(C(=O)NCCCO)CC1. The highest BCUT2D eigenvalue weighted by Gasteiger charge is 2.27. The van der Waals surface area contributed by atoms with Crippen LogP contribution in [0.1, 0.15) is 33.1 Å². The molecule has 1 heterocycles. The first-order chi connectivity index (χ1) is 9.54. The zero-order chi connectivity index (χ0) is 15.0. The number of ether oxygens (including phenoxy) is 1. The second-order valence-corrected chi connectivity index (χ2v) is 5.38. The average molecular weight is 286 g/mol. The Morgan fingerprint density at radius 1 is 1.35 bits per heavy atom. The van der Waals surface area contributed by atoms with Crippen molar-refractivity contribution in [2.45, 2.75) is 39.2 Å². The van der Waals surface area contributed by atoms with Crippen LogP contribution in [-0.4, -0.2) is 60.8 Å². The summed E-state index contributed by atoms with van der Waals surface area (Å²) in [5.74, 6) is 0.00516. The molecule has 1 saturated heterocycles. The number of nitrogens with one attached hydrogen (secondary N) is 1. The third-order valence-electron chi connectivity index (χ3n) is 3.39. The number of hydrogen-bond acceptors (Lipinski definition) is 4. The lowest BCUT2D eigenvalue weighted by molar-refractivity contribution is -0.140. The van der Waals surface area contributed by atoms with Crippen molar-refractivity contribution in [3.63, 3.8) is 0 Å². The monoisotopic (exact) mass is 286 g/mol. The van der Waals surface area contributed by atoms with E-state index in [0.29, 0.717) is 38.9 Å². The van der Waals surface area contributed by atoms with Gasteiger partial charge >= 0.3 is 0 Å². The predicted octanol–water partition coefficient (Wildman–Crippen LogP) is 0.149. The first-order valence-corrected chi connectivity index (χ1v) is 7.32. The van der Waals surface area contributed by atoms with Crippen LogP contribution in [0, 0.1) is 5.92 Å². The smallest absolute Gasteiger partial charge is 0.248 e. The number of carbonyl (C=O) groups is 2. The van der Waals surface area contributed by atoms with Gasteiger partial charge in [-0.1, -0.05) is 0 Å². The van der Waals surface area contributed by atoms with Crippen LogP contribution in [0.15, 0.2) is 0 Å². The van der Waals surface area contributed by atoms with Crippen molar-refractivity contribution in [3.05, 3.63) is 0 Å². The minimum absolute atomic E-state index is 0.00200. The zero-order valence-corrected chi connectivity index (χ0v) is 12.4. The maximum Gasteiger partial charge on any atom is 0.248 e. The molecule has 0 radical (unpaired) electrons. The molecule has 0 atom stereocenters. The van der Waals surface area contributed by atoms with Crippen LogP contribution in [0.3, 0.4) is 0 Å². The van der Waals surface area contributed by atoms with Gasteiger partial charge in [-0.05, 0) is 33.1 Å². The highest BCUT2D eigenvalue weighted by Crippen LogP contribution is 2.17. The van der Waals surface area contributed by atoms with Gasteiger partial charge in [-0.2, -0.15) is 0 Å². The molecule has 1 aliphatic heterocycles. The number of nitrogens with zero attached hydrogens (tertiary/aromatic N) is 1. The van der Waals surface area contributed by atoms with Crippen LogP contribution in [0.25, 0.3) is 0 Å². The summed E-state index contributed by atoms with van der Waals surface area (Å²) in [6.07, 6.45) is 2.01. The number of likely N-dealkylation sites (tertiary alicyclic amines) is 1. The predicted molar refractivity (Wildman–Crippen MR) is 75.1 cm³/mol. The van der Waals surface area contributed by atoms with E-state index >= 15 is 0 Å². The van der Waals surface area contributed by atoms with Crippen molar-refractivity contribution in [2.24, 2.45) is 5.92 Å². The van der Waals surface area contributed by atoms with Gasteiger partial charge in [-0.3, -0.25) is 9.59 Å². The molecule has 116 valence electrons. The van der Waals surface area contributed by atoms with E-state index in [9.17, 15) is 9.59 Å². The van der Waals surface area contributed by atoms with E-state index < -0.39 is 0 Å². The molecule has 2 N–H and O–H groups in total. The van der Waals surface area contributed by atoms with E-state index in [4.69, 9.17) is 9.84 Å². The molecule has 0 spiro atoms. The summed E-state index contributed by atoms with van der Waals surface area (Å²) in [5.41, 5.74) is 0. The molecule has 6 heteroatoms. The lowest BCUT2D eigenvalue weighted by Gasteiger charge is -2.31. The number of piperidine rings is 1. The molecule has 6 nitrogen and oxygen atoms in total. The van der Waals surface area contributed by atoms with E-state index in [1.54, 1.807) is 4.90 Å². The van der Waals surface area contributed by atoms with Gasteiger partial charge in [-0.25, -0.2) is 0 Å². The molecular formula is C14H26N2O4. The molecule has 0 saturated carbocycles. The second kappa shape index (κ2) is 8.92. The third kappa shape index (κ3) is 5.88. The first-order valence-electron chi connectivity index (χ1n) is 7.32. The zero-order valence-electron chi connectivity index (χ0n) is 12.4. The van der Waals surface area contributed by atoms with Crippen molar-refractivity contribution >= 4 is 11.8 Å². The number of carbonyl (C=O) groups excluding carboxylic acids is 2. The maximum absolute atomic E-state index is 11.9. The quantitative estimate of drug-likeness (QED) is 0.653. The van der Waals surface area contributed by atoms with Crippen LogP contribution in [0.2, 0.25) is 0 Å². The van der Waals surface area contributed by atoms with Gasteiger partial charge in [0.05, 0.1) is 6.10 Å². The van der Waals surface area contributed by atoms with E-state index in [1.165, 1.54) is 0 Å². The number of rotatable bonds is 7. The summed E-state index contributed by atoms with van der Waals surface area (Å²) in [6, 6.07) is 0. The van der Waals surface area contributed by atoms with Crippen molar-refractivity contribution in [1.29, 1.82) is 0 Å². The Balaban J connectivity index is 2.25. The lowest BCUT2D eigenvalue weighted by Crippen LogP contribution is -2.44. The topological polar surface area (TPSA) is 78.9 Å². The molecule has 1 fully saturated rings. The summed E-state index contributed by atoms with van der Waals surface area (Å²) < 4.78 is 5.30. The molecule has 1 aliphatic rings. The largest absolute Gasteiger partial charge is 0.396 e. The van der Waals surface area contributed by atoms with Crippen molar-refractivity contribution in [3.8, 4) is 0 Å². The van der Waals surface area contributed by atoms with Crippen LogP contribution in [0.5, 0.6) is 0 Å². The van der Waals surface area contributed by atoms with Crippen LogP contribution in [-0.2, 0) is 14.3 Å². The van der Waals surface area contributed by atoms with Crippen molar-refractivity contribution in [2.75, 3.05) is 32.8 Å². The van der Waals surface area contributed by atoms with E-state index in [2.05, 4.69) is 5.32 Å². The standard InChI is InChI=1S/C14H26N2O4/c1-11(2)20-10-13(18)16-7-4-12(5-8-16)14(19)15-6-3-9-17/h11-12,17H,3-10H2,1-2H3,(H,15,19). The highest BCUT2D eigenvalue weighted by molar-refractivity contribution is 5.80. The Morgan fingerprint density at radius 2 is 2.00 bits per heavy atom. The average Bonchev–Trinajstić information content (AvgIpc) is 2.45. The molecule has 20 heavy (non-hydrogen) atoms. The van der Waals surface area contributed by atoms with Gasteiger partial charge in [0, 0.05) is 32.2 Å². The van der Waals surface area contributed by atoms with Crippen LogP contribution in [0.4, 0.5) is 0 Å². The molecule has 1 rings (SSSR count). The van der Waals surface area contributed by atoms with Crippen molar-refractivity contribution < 1.29 is 19.4 Å². The summed E-state index contributed by atoms with van der Waals surface area (Å²) in [5, 5.41) is 11.5. The number of hydrogen-bond donors (Lipinski definition) is 2. The van der Waals surface area contributed by atoms with Gasteiger partial charge in [0.25, 0.3) is 0 Å². The fourth-order valence-corrected chi connectivity index (χ4v) is 2.16. The van der Waals surface area contributed by atoms with Gasteiger partial charge in [0.2, 0.25) is 11.8 Å². The third-order valence-corrected chi connectivity index (χ3v) is 3.39. The summed E-state index contributed by atoms with van der Waals surface area (Å²) in [6.45, 7) is 5.73.